The lowest BCUT2D eigenvalue weighted by Gasteiger charge is -2.08. The van der Waals surface area contributed by atoms with E-state index in [9.17, 15) is 4.79 Å². The van der Waals surface area contributed by atoms with Crippen molar-refractivity contribution >= 4 is 22.7 Å². The minimum Gasteiger partial charge on any atom is -0.408 e. The first-order chi connectivity index (χ1) is 7.70. The first-order valence-corrected chi connectivity index (χ1v) is 5.91. The number of oxazole rings is 1. The minimum absolute atomic E-state index is 0.00967. The average Bonchev–Trinajstić information content (AvgIpc) is 2.64. The highest BCUT2D eigenvalue weighted by molar-refractivity contribution is 6.20. The molecule has 0 aliphatic carbocycles. The lowest BCUT2D eigenvalue weighted by molar-refractivity contribution is 0.555. The van der Waals surface area contributed by atoms with Gasteiger partial charge in [0, 0.05) is 0 Å². The third kappa shape index (κ3) is 2.30. The molecule has 1 unspecified atom stereocenters. The molecule has 0 radical (unpaired) electrons. The van der Waals surface area contributed by atoms with Crippen molar-refractivity contribution in [2.24, 2.45) is 0 Å². The Labute approximate surface area is 98.4 Å². The minimum atomic E-state index is -0.424. The Bertz CT molecular complexity index is 529. The van der Waals surface area contributed by atoms with Gasteiger partial charge in [-0.15, -0.1) is 11.6 Å². The third-order valence-electron chi connectivity index (χ3n) is 2.62. The summed E-state index contributed by atoms with van der Waals surface area (Å²) in [4.78, 5) is 13.6. The fraction of sp³-hybridized carbons (Fsp3) is 0.417. The maximum atomic E-state index is 11.0. The Morgan fingerprint density at radius 2 is 2.31 bits per heavy atom. The molecule has 0 aliphatic heterocycles. The van der Waals surface area contributed by atoms with Crippen molar-refractivity contribution in [1.82, 2.24) is 4.98 Å². The van der Waals surface area contributed by atoms with Gasteiger partial charge in [-0.3, -0.25) is 4.98 Å². The lowest BCUT2D eigenvalue weighted by Crippen LogP contribution is -1.92. The predicted octanol–water partition coefficient (Wildman–Crippen LogP) is 3.59. The number of hydrogen-bond donors (Lipinski definition) is 1. The first kappa shape index (κ1) is 11.3. The molecule has 1 atom stereocenters. The maximum absolute atomic E-state index is 11.0. The quantitative estimate of drug-likeness (QED) is 0.829. The molecule has 0 saturated heterocycles. The van der Waals surface area contributed by atoms with Gasteiger partial charge in [0.05, 0.1) is 10.9 Å². The van der Waals surface area contributed by atoms with Crippen LogP contribution in [0.2, 0.25) is 0 Å². The summed E-state index contributed by atoms with van der Waals surface area (Å²) in [6, 6.07) is 5.60. The van der Waals surface area contributed by atoms with Crippen LogP contribution in [0.25, 0.3) is 11.1 Å². The van der Waals surface area contributed by atoms with Gasteiger partial charge < -0.3 is 4.42 Å². The number of hydrogen-bond acceptors (Lipinski definition) is 2. The molecule has 16 heavy (non-hydrogen) atoms. The van der Waals surface area contributed by atoms with Gasteiger partial charge >= 0.3 is 5.76 Å². The van der Waals surface area contributed by atoms with E-state index in [0.717, 1.165) is 24.8 Å². The zero-order valence-electron chi connectivity index (χ0n) is 9.13. The third-order valence-corrected chi connectivity index (χ3v) is 3.09. The summed E-state index contributed by atoms with van der Waals surface area (Å²) < 4.78 is 4.99. The van der Waals surface area contributed by atoms with Gasteiger partial charge in [0.1, 0.15) is 0 Å². The zero-order valence-corrected chi connectivity index (χ0v) is 9.88. The van der Waals surface area contributed by atoms with Gasteiger partial charge in [-0.25, -0.2) is 4.79 Å². The van der Waals surface area contributed by atoms with Gasteiger partial charge in [0.2, 0.25) is 0 Å². The first-order valence-electron chi connectivity index (χ1n) is 5.47. The molecule has 2 aromatic rings. The van der Waals surface area contributed by atoms with Crippen LogP contribution in [0, 0.1) is 0 Å². The van der Waals surface area contributed by atoms with Crippen molar-refractivity contribution in [2.75, 3.05) is 0 Å². The molecule has 3 nitrogen and oxygen atoms in total. The Morgan fingerprint density at radius 3 is 3.06 bits per heavy atom. The Morgan fingerprint density at radius 1 is 1.50 bits per heavy atom. The highest BCUT2D eigenvalue weighted by Crippen LogP contribution is 2.28. The number of unbranched alkanes of at least 4 members (excludes halogenated alkanes) is 1. The number of alkyl halides is 1. The topological polar surface area (TPSA) is 46.0 Å². The van der Waals surface area contributed by atoms with Gasteiger partial charge in [-0.1, -0.05) is 25.8 Å². The SMILES string of the molecule is CCCCC(Cl)c1ccc2[nH]c(=O)oc2c1. The van der Waals surface area contributed by atoms with E-state index in [-0.39, 0.29) is 5.38 Å². The van der Waals surface area contributed by atoms with E-state index in [1.165, 1.54) is 0 Å². The summed E-state index contributed by atoms with van der Waals surface area (Å²) in [7, 11) is 0. The van der Waals surface area contributed by atoms with Gasteiger partial charge in [-0.2, -0.15) is 0 Å². The molecular formula is C12H14ClNO2. The molecule has 1 aromatic heterocycles. The van der Waals surface area contributed by atoms with Crippen LogP contribution in [-0.4, -0.2) is 4.98 Å². The molecule has 86 valence electrons. The van der Waals surface area contributed by atoms with Crippen LogP contribution in [0.5, 0.6) is 0 Å². The second kappa shape index (κ2) is 4.74. The van der Waals surface area contributed by atoms with E-state index >= 15 is 0 Å². The number of aromatic nitrogens is 1. The molecule has 1 aromatic carbocycles. The number of nitrogens with one attached hydrogen (secondary N) is 1. The van der Waals surface area contributed by atoms with Crippen LogP contribution in [-0.2, 0) is 0 Å². The van der Waals surface area contributed by atoms with Crippen LogP contribution in [0.15, 0.2) is 27.4 Å². The smallest absolute Gasteiger partial charge is 0.408 e. The van der Waals surface area contributed by atoms with Crippen molar-refractivity contribution in [3.63, 3.8) is 0 Å². The van der Waals surface area contributed by atoms with Crippen molar-refractivity contribution in [1.29, 1.82) is 0 Å². The number of rotatable bonds is 4. The van der Waals surface area contributed by atoms with Crippen molar-refractivity contribution in [3.8, 4) is 0 Å². The zero-order chi connectivity index (χ0) is 11.5. The summed E-state index contributed by atoms with van der Waals surface area (Å²) in [5.41, 5.74) is 2.29. The summed E-state index contributed by atoms with van der Waals surface area (Å²) in [5.74, 6) is -0.424. The number of H-pyrrole nitrogens is 1. The summed E-state index contributed by atoms with van der Waals surface area (Å²) in [6.45, 7) is 2.14. The molecule has 0 aliphatic rings. The van der Waals surface area contributed by atoms with Crippen molar-refractivity contribution in [2.45, 2.75) is 31.6 Å². The molecule has 0 fully saturated rings. The fourth-order valence-corrected chi connectivity index (χ4v) is 2.00. The maximum Gasteiger partial charge on any atom is 0.417 e. The largest absolute Gasteiger partial charge is 0.417 e. The van der Waals surface area contributed by atoms with Gasteiger partial charge in [-0.05, 0) is 24.1 Å². The van der Waals surface area contributed by atoms with Crippen LogP contribution in [0.3, 0.4) is 0 Å². The van der Waals surface area contributed by atoms with Crippen molar-refractivity contribution < 1.29 is 4.42 Å². The van der Waals surface area contributed by atoms with Crippen LogP contribution < -0.4 is 5.76 Å². The van der Waals surface area contributed by atoms with Crippen LogP contribution in [0.1, 0.15) is 37.1 Å². The molecule has 0 bridgehead atoms. The Balaban J connectivity index is 2.27. The molecule has 0 saturated carbocycles. The van der Waals surface area contributed by atoms with E-state index in [1.807, 2.05) is 18.2 Å². The molecule has 0 spiro atoms. The highest BCUT2D eigenvalue weighted by Gasteiger charge is 2.09. The number of benzene rings is 1. The van der Waals surface area contributed by atoms with E-state index < -0.39 is 5.76 Å². The number of fused-ring (bicyclic) bond motifs is 1. The highest BCUT2D eigenvalue weighted by atomic mass is 35.5. The van der Waals surface area contributed by atoms with Gasteiger partial charge in [0.15, 0.2) is 5.58 Å². The molecular weight excluding hydrogens is 226 g/mol. The lowest BCUT2D eigenvalue weighted by atomic mass is 10.1. The van der Waals surface area contributed by atoms with Crippen LogP contribution in [0.4, 0.5) is 0 Å². The average molecular weight is 240 g/mol. The Hall–Kier alpha value is -1.22. The van der Waals surface area contributed by atoms with Crippen molar-refractivity contribution in [3.05, 3.63) is 34.3 Å². The summed E-state index contributed by atoms with van der Waals surface area (Å²) in [5, 5.41) is -0.00967. The van der Waals surface area contributed by atoms with Crippen LogP contribution >= 0.6 is 11.6 Å². The molecule has 1 heterocycles. The second-order valence-electron chi connectivity index (χ2n) is 3.88. The Kier molecular flexibility index (Phi) is 3.34. The van der Waals surface area contributed by atoms with E-state index in [0.29, 0.717) is 11.1 Å². The predicted molar refractivity (Wildman–Crippen MR) is 65.0 cm³/mol. The molecule has 4 heteroatoms. The van der Waals surface area contributed by atoms with E-state index in [1.54, 1.807) is 0 Å². The summed E-state index contributed by atoms with van der Waals surface area (Å²) >= 11 is 6.26. The monoisotopic (exact) mass is 239 g/mol. The normalized spacial score (nSPS) is 13.1. The molecule has 1 N–H and O–H groups in total. The summed E-state index contributed by atoms with van der Waals surface area (Å²) in [6.07, 6.45) is 3.17. The molecule has 2 rings (SSSR count). The van der Waals surface area contributed by atoms with Gasteiger partial charge in [0.25, 0.3) is 0 Å². The van der Waals surface area contributed by atoms with E-state index in [4.69, 9.17) is 16.0 Å². The number of halogens is 1. The second-order valence-corrected chi connectivity index (χ2v) is 4.41. The fourth-order valence-electron chi connectivity index (χ4n) is 1.71. The van der Waals surface area contributed by atoms with E-state index in [2.05, 4.69) is 11.9 Å². The molecule has 0 amide bonds. The number of aromatic amines is 1. The standard InChI is InChI=1S/C12H14ClNO2/c1-2-3-4-9(13)8-5-6-10-11(7-8)16-12(15)14-10/h5-7,9H,2-4H2,1H3,(H,14,15).